The van der Waals surface area contributed by atoms with E-state index in [1.54, 1.807) is 11.8 Å². The maximum absolute atomic E-state index is 12.9. The van der Waals surface area contributed by atoms with Crippen molar-refractivity contribution in [2.24, 2.45) is 0 Å². The second-order valence-corrected chi connectivity index (χ2v) is 10.5. The number of sulfone groups is 1. The summed E-state index contributed by atoms with van der Waals surface area (Å²) in [5.41, 5.74) is -0.318. The number of carbonyl (C=O) groups is 1. The molecule has 2 saturated heterocycles. The van der Waals surface area contributed by atoms with Crippen LogP contribution in [-0.2, 0) is 25.9 Å². The van der Waals surface area contributed by atoms with E-state index in [4.69, 9.17) is 4.74 Å². The van der Waals surface area contributed by atoms with E-state index in [0.717, 1.165) is 12.8 Å². The van der Waals surface area contributed by atoms with E-state index in [1.807, 2.05) is 6.92 Å². The number of H-pyrrole nitrogens is 1. The van der Waals surface area contributed by atoms with Crippen LogP contribution >= 0.6 is 11.8 Å². The molecule has 2 aliphatic heterocycles. The molecule has 0 bridgehead atoms. The average Bonchev–Trinajstić information content (AvgIpc) is 3.33. The summed E-state index contributed by atoms with van der Waals surface area (Å²) >= 11 is 1.21. The van der Waals surface area contributed by atoms with Crippen LogP contribution in [0.2, 0.25) is 0 Å². The molecule has 0 aromatic carbocycles. The fraction of sp³-hybridized carbons (Fsp3) is 0.812. The van der Waals surface area contributed by atoms with Gasteiger partial charge in [0.1, 0.15) is 0 Å². The number of nitrogens with one attached hydrogen (secondary N) is 1. The maximum Gasteiger partial charge on any atom is 0.344 e. The number of aromatic nitrogens is 3. The number of rotatable bonds is 7. The zero-order chi connectivity index (χ0) is 19.6. The molecule has 2 aliphatic rings. The number of thioether (sulfide) groups is 1. The van der Waals surface area contributed by atoms with Crippen molar-refractivity contribution in [3.63, 3.8) is 0 Å². The van der Waals surface area contributed by atoms with Crippen LogP contribution in [0.15, 0.2) is 9.95 Å². The molecular weight excluding hydrogens is 392 g/mol. The Morgan fingerprint density at radius 3 is 2.85 bits per heavy atom. The quantitative estimate of drug-likeness (QED) is 0.632. The van der Waals surface area contributed by atoms with Crippen LogP contribution in [0.4, 0.5) is 0 Å². The molecule has 3 heterocycles. The van der Waals surface area contributed by atoms with E-state index >= 15 is 0 Å². The van der Waals surface area contributed by atoms with Gasteiger partial charge in [0.15, 0.2) is 15.0 Å². The van der Waals surface area contributed by atoms with Gasteiger partial charge in [0.25, 0.3) is 0 Å². The summed E-state index contributed by atoms with van der Waals surface area (Å²) in [6, 6.07) is -0.274. The number of hydrogen-bond donors (Lipinski definition) is 1. The number of hydrogen-bond acceptors (Lipinski definition) is 7. The summed E-state index contributed by atoms with van der Waals surface area (Å²) in [4.78, 5) is 26.6. The lowest BCUT2D eigenvalue weighted by molar-refractivity contribution is -0.131. The summed E-state index contributed by atoms with van der Waals surface area (Å²) in [6.07, 6.45) is 2.34. The van der Waals surface area contributed by atoms with Crippen LogP contribution in [-0.4, -0.2) is 76.0 Å². The molecular formula is C16H26N4O5S2. The van der Waals surface area contributed by atoms with Crippen LogP contribution in [0.25, 0.3) is 0 Å². The maximum atomic E-state index is 12.9. The standard InChI is InChI=1S/C16H26N4O5S2/c1-3-19(12-6-8-27(23,24)10-12)14(21)11(2)26-16-18-17-15(22)20(16)9-13-5-4-7-25-13/h11-13H,3-10H2,1-2H3,(H,17,22). The molecule has 0 spiro atoms. The van der Waals surface area contributed by atoms with Gasteiger partial charge in [0, 0.05) is 19.2 Å². The van der Waals surface area contributed by atoms with Crippen molar-refractivity contribution >= 4 is 27.5 Å². The molecule has 9 nitrogen and oxygen atoms in total. The third-order valence-electron chi connectivity index (χ3n) is 5.04. The van der Waals surface area contributed by atoms with E-state index in [2.05, 4.69) is 10.2 Å². The van der Waals surface area contributed by atoms with E-state index in [0.29, 0.717) is 31.3 Å². The molecule has 0 radical (unpaired) electrons. The predicted molar refractivity (Wildman–Crippen MR) is 102 cm³/mol. The first-order valence-electron chi connectivity index (χ1n) is 9.25. The number of ether oxygens (including phenoxy) is 1. The fourth-order valence-corrected chi connectivity index (χ4v) is 6.27. The lowest BCUT2D eigenvalue weighted by Gasteiger charge is -2.29. The van der Waals surface area contributed by atoms with E-state index < -0.39 is 15.1 Å². The van der Waals surface area contributed by atoms with Gasteiger partial charge < -0.3 is 9.64 Å². The van der Waals surface area contributed by atoms with Crippen LogP contribution < -0.4 is 5.69 Å². The molecule has 0 saturated carbocycles. The van der Waals surface area contributed by atoms with Crippen molar-refractivity contribution in [1.29, 1.82) is 0 Å². The summed E-state index contributed by atoms with van der Waals surface area (Å²) in [5.74, 6) is 0.0167. The zero-order valence-electron chi connectivity index (χ0n) is 15.6. The van der Waals surface area contributed by atoms with Crippen molar-refractivity contribution in [3.05, 3.63) is 10.5 Å². The van der Waals surface area contributed by atoms with Crippen LogP contribution in [0.5, 0.6) is 0 Å². The first kappa shape index (κ1) is 20.4. The summed E-state index contributed by atoms with van der Waals surface area (Å²) in [6.45, 7) is 5.17. The summed E-state index contributed by atoms with van der Waals surface area (Å²) in [7, 11) is -3.06. The molecule has 1 amide bonds. The smallest absolute Gasteiger partial charge is 0.344 e. The van der Waals surface area contributed by atoms with Crippen LogP contribution in [0, 0.1) is 0 Å². The van der Waals surface area contributed by atoms with Crippen LogP contribution in [0.3, 0.4) is 0 Å². The molecule has 3 atom stereocenters. The molecule has 1 N–H and O–H groups in total. The second-order valence-electron chi connectivity index (χ2n) is 7.00. The van der Waals surface area contributed by atoms with Crippen molar-refractivity contribution in [1.82, 2.24) is 19.7 Å². The molecule has 0 aliphatic carbocycles. The Kier molecular flexibility index (Phi) is 6.32. The Morgan fingerprint density at radius 1 is 1.48 bits per heavy atom. The van der Waals surface area contributed by atoms with E-state index in [9.17, 15) is 18.0 Å². The molecule has 11 heteroatoms. The van der Waals surface area contributed by atoms with Crippen molar-refractivity contribution in [2.75, 3.05) is 24.7 Å². The van der Waals surface area contributed by atoms with E-state index in [1.165, 1.54) is 16.3 Å². The van der Waals surface area contributed by atoms with Gasteiger partial charge in [0.2, 0.25) is 5.91 Å². The minimum atomic E-state index is -3.06. The predicted octanol–water partition coefficient (Wildman–Crippen LogP) is 0.267. The molecule has 3 rings (SSSR count). The highest BCUT2D eigenvalue weighted by Crippen LogP contribution is 2.26. The van der Waals surface area contributed by atoms with Gasteiger partial charge in [-0.1, -0.05) is 11.8 Å². The van der Waals surface area contributed by atoms with Gasteiger partial charge in [-0.3, -0.25) is 9.36 Å². The highest BCUT2D eigenvalue weighted by atomic mass is 32.2. The monoisotopic (exact) mass is 418 g/mol. The Bertz CT molecular complexity index is 828. The van der Waals surface area contributed by atoms with Gasteiger partial charge in [-0.25, -0.2) is 18.3 Å². The van der Waals surface area contributed by atoms with Crippen LogP contribution in [0.1, 0.15) is 33.1 Å². The topological polar surface area (TPSA) is 114 Å². The Morgan fingerprint density at radius 2 is 2.26 bits per heavy atom. The summed E-state index contributed by atoms with van der Waals surface area (Å²) in [5, 5.41) is 6.46. The molecule has 1 aromatic rings. The zero-order valence-corrected chi connectivity index (χ0v) is 17.2. The molecule has 3 unspecified atom stereocenters. The molecule has 2 fully saturated rings. The average molecular weight is 419 g/mol. The highest BCUT2D eigenvalue weighted by molar-refractivity contribution is 8.00. The lowest BCUT2D eigenvalue weighted by Crippen LogP contribution is -2.44. The first-order chi connectivity index (χ1) is 12.8. The van der Waals surface area contributed by atoms with Gasteiger partial charge in [-0.15, -0.1) is 5.10 Å². The van der Waals surface area contributed by atoms with Crippen molar-refractivity contribution in [3.8, 4) is 0 Å². The fourth-order valence-electron chi connectivity index (χ4n) is 3.60. The van der Waals surface area contributed by atoms with E-state index in [-0.39, 0.29) is 35.2 Å². The van der Waals surface area contributed by atoms with Crippen molar-refractivity contribution < 1.29 is 17.9 Å². The Hall–Kier alpha value is -1.33. The highest BCUT2D eigenvalue weighted by Gasteiger charge is 2.36. The van der Waals surface area contributed by atoms with Gasteiger partial charge in [-0.2, -0.15) is 0 Å². The van der Waals surface area contributed by atoms with Crippen molar-refractivity contribution in [2.45, 2.75) is 62.2 Å². The normalized spacial score (nSPS) is 25.6. The number of amides is 1. The number of nitrogens with zero attached hydrogens (tertiary/aromatic N) is 3. The van der Waals surface area contributed by atoms with Gasteiger partial charge >= 0.3 is 5.69 Å². The second kappa shape index (κ2) is 8.36. The number of carbonyl (C=O) groups excluding carboxylic acids is 1. The molecule has 1 aromatic heterocycles. The molecule has 27 heavy (non-hydrogen) atoms. The third kappa shape index (κ3) is 4.75. The van der Waals surface area contributed by atoms with Gasteiger partial charge in [0.05, 0.1) is 29.4 Å². The minimum Gasteiger partial charge on any atom is -0.376 e. The number of aromatic amines is 1. The largest absolute Gasteiger partial charge is 0.376 e. The molecule has 152 valence electrons. The summed E-state index contributed by atoms with van der Waals surface area (Å²) < 4.78 is 30.6. The Labute approximate surface area is 162 Å². The minimum absolute atomic E-state index is 0.0125. The Balaban J connectivity index is 1.68. The lowest BCUT2D eigenvalue weighted by atomic mass is 10.2. The SMILES string of the molecule is CCN(C(=O)C(C)Sc1n[nH]c(=O)n1CC1CCCO1)C1CCS(=O)(=O)C1. The first-order valence-corrected chi connectivity index (χ1v) is 11.9. The van der Waals surface area contributed by atoms with Gasteiger partial charge in [-0.05, 0) is 33.1 Å². The third-order valence-corrected chi connectivity index (χ3v) is 7.86.